The van der Waals surface area contributed by atoms with E-state index in [1.54, 1.807) is 17.5 Å². The number of imidazole rings is 1. The minimum Gasteiger partial charge on any atom is -0.329 e. The summed E-state index contributed by atoms with van der Waals surface area (Å²) in [7, 11) is -3.25. The zero-order valence-corrected chi connectivity index (χ0v) is 13.8. The summed E-state index contributed by atoms with van der Waals surface area (Å²) >= 11 is 0. The summed E-state index contributed by atoms with van der Waals surface area (Å²) < 4.78 is 67.1. The van der Waals surface area contributed by atoms with Crippen LogP contribution in [0.1, 0.15) is 24.9 Å². The molecule has 0 spiro atoms. The Balaban J connectivity index is 1.91. The highest BCUT2D eigenvalue weighted by Gasteiger charge is 2.38. The van der Waals surface area contributed by atoms with Gasteiger partial charge >= 0.3 is 12.1 Å². The summed E-state index contributed by atoms with van der Waals surface area (Å²) in [5.41, 5.74) is 1.01. The average Bonchev–Trinajstić information content (AvgIpc) is 3.11. The molecule has 25 heavy (non-hydrogen) atoms. The number of pyridine rings is 1. The van der Waals surface area contributed by atoms with Crippen LogP contribution in [0.5, 0.6) is 0 Å². The van der Waals surface area contributed by atoms with E-state index in [4.69, 9.17) is 0 Å². The maximum atomic E-state index is 12.5. The van der Waals surface area contributed by atoms with Crippen molar-refractivity contribution in [2.45, 2.75) is 25.3 Å². The Morgan fingerprint density at radius 2 is 2.04 bits per heavy atom. The zero-order valence-electron chi connectivity index (χ0n) is 13.0. The highest BCUT2D eigenvalue weighted by atomic mass is 32.2. The fourth-order valence-corrected chi connectivity index (χ4v) is 3.66. The van der Waals surface area contributed by atoms with E-state index in [0.717, 1.165) is 0 Å². The molecule has 0 aromatic carbocycles. The molecule has 0 bridgehead atoms. The van der Waals surface area contributed by atoms with Gasteiger partial charge in [0.25, 0.3) is 0 Å². The molecule has 0 saturated heterocycles. The van der Waals surface area contributed by atoms with Crippen LogP contribution < -0.4 is 0 Å². The lowest BCUT2D eigenvalue weighted by Gasteiger charge is -1.98. The van der Waals surface area contributed by atoms with Crippen LogP contribution in [0.2, 0.25) is 0 Å². The minimum atomic E-state index is -4.72. The molecule has 0 unspecified atom stereocenters. The van der Waals surface area contributed by atoms with Crippen molar-refractivity contribution in [3.63, 3.8) is 0 Å². The van der Waals surface area contributed by atoms with Gasteiger partial charge in [-0.3, -0.25) is 0 Å². The molecule has 0 fully saturated rings. The van der Waals surface area contributed by atoms with E-state index in [9.17, 15) is 21.6 Å². The van der Waals surface area contributed by atoms with E-state index >= 15 is 0 Å². The second kappa shape index (κ2) is 6.14. The fraction of sp³-hybridized carbons (Fsp3) is 0.357. The van der Waals surface area contributed by atoms with Crippen LogP contribution in [0.3, 0.4) is 0 Å². The number of hydrogen-bond acceptors (Lipinski definition) is 6. The Kier molecular flexibility index (Phi) is 4.27. The molecule has 134 valence electrons. The van der Waals surface area contributed by atoms with Crippen LogP contribution in [0, 0.1) is 0 Å². The third kappa shape index (κ3) is 3.81. The van der Waals surface area contributed by atoms with Crippen LogP contribution in [0.4, 0.5) is 13.2 Å². The van der Waals surface area contributed by atoms with Gasteiger partial charge in [0.15, 0.2) is 9.84 Å². The molecule has 3 aromatic rings. The number of fused-ring (bicyclic) bond motifs is 1. The first-order valence-electron chi connectivity index (χ1n) is 7.27. The van der Waals surface area contributed by atoms with E-state index < -0.39 is 21.9 Å². The average molecular weight is 374 g/mol. The fourth-order valence-electron chi connectivity index (χ4n) is 2.31. The van der Waals surface area contributed by atoms with Gasteiger partial charge in [-0.05, 0) is 18.6 Å². The smallest absolute Gasteiger partial charge is 0.329 e. The molecule has 0 atom stereocenters. The summed E-state index contributed by atoms with van der Waals surface area (Å²) in [4.78, 5) is 7.51. The molecule has 3 aromatic heterocycles. The monoisotopic (exact) mass is 374 g/mol. The van der Waals surface area contributed by atoms with Crippen molar-refractivity contribution in [2.24, 2.45) is 0 Å². The molecule has 0 saturated carbocycles. The molecule has 0 amide bonds. The summed E-state index contributed by atoms with van der Waals surface area (Å²) in [5, 5.41) is 3.31. The molecule has 11 heteroatoms. The molecule has 3 rings (SSSR count). The first kappa shape index (κ1) is 17.4. The van der Waals surface area contributed by atoms with Gasteiger partial charge in [-0.2, -0.15) is 18.2 Å². The van der Waals surface area contributed by atoms with Crippen LogP contribution >= 0.6 is 0 Å². The van der Waals surface area contributed by atoms with Crippen LogP contribution in [-0.4, -0.2) is 33.7 Å². The normalized spacial score (nSPS) is 12.8. The van der Waals surface area contributed by atoms with Gasteiger partial charge in [0.2, 0.25) is 5.82 Å². The highest BCUT2D eigenvalue weighted by molar-refractivity contribution is 7.90. The maximum Gasteiger partial charge on any atom is 0.471 e. The molecule has 0 aliphatic carbocycles. The summed E-state index contributed by atoms with van der Waals surface area (Å²) in [5.74, 6) is -1.79. The van der Waals surface area contributed by atoms with Gasteiger partial charge < -0.3 is 8.92 Å². The van der Waals surface area contributed by atoms with Gasteiger partial charge in [-0.15, -0.1) is 0 Å². The Morgan fingerprint density at radius 3 is 2.68 bits per heavy atom. The third-order valence-corrected chi connectivity index (χ3v) is 5.09. The first-order chi connectivity index (χ1) is 11.7. The lowest BCUT2D eigenvalue weighted by molar-refractivity contribution is -0.159. The van der Waals surface area contributed by atoms with Gasteiger partial charge in [-0.25, -0.2) is 13.4 Å². The highest BCUT2D eigenvalue weighted by Crippen LogP contribution is 2.29. The number of rotatable bonds is 5. The Bertz CT molecular complexity index is 1010. The van der Waals surface area contributed by atoms with E-state index in [-0.39, 0.29) is 22.9 Å². The van der Waals surface area contributed by atoms with E-state index in [2.05, 4.69) is 19.6 Å². The molecular formula is C14H13F3N4O3S. The maximum absolute atomic E-state index is 12.5. The third-order valence-electron chi connectivity index (χ3n) is 3.32. The van der Waals surface area contributed by atoms with Gasteiger partial charge in [0.1, 0.15) is 5.65 Å². The van der Waals surface area contributed by atoms with Crippen LogP contribution in [0.15, 0.2) is 29.0 Å². The van der Waals surface area contributed by atoms with Crippen LogP contribution in [-0.2, 0) is 21.8 Å². The SMILES string of the molecule is CCCS(=O)(=O)Cc1cn2ccc(-c3noc(C(F)(F)F)n3)cc2n1. The molecule has 0 radical (unpaired) electrons. The number of sulfone groups is 1. The Hall–Kier alpha value is -2.43. The number of alkyl halides is 3. The second-order valence-electron chi connectivity index (χ2n) is 5.43. The standard InChI is InChI=1S/C14H13F3N4O3S/c1-2-5-25(22,23)8-10-7-21-4-3-9(6-11(21)18-10)12-19-13(24-20-12)14(15,16)17/h3-4,6-7H,2,5,8H2,1H3. The summed E-state index contributed by atoms with van der Waals surface area (Å²) in [6.07, 6.45) is -1.11. The van der Waals surface area contributed by atoms with E-state index in [0.29, 0.717) is 17.8 Å². The number of nitrogens with zero attached hydrogens (tertiary/aromatic N) is 4. The van der Waals surface area contributed by atoms with Crippen molar-refractivity contribution in [2.75, 3.05) is 5.75 Å². The summed E-state index contributed by atoms with van der Waals surface area (Å²) in [6.45, 7) is 1.77. The number of hydrogen-bond donors (Lipinski definition) is 0. The van der Waals surface area contributed by atoms with Gasteiger partial charge in [-0.1, -0.05) is 12.1 Å². The summed E-state index contributed by atoms with van der Waals surface area (Å²) in [6, 6.07) is 2.95. The molecule has 0 N–H and O–H groups in total. The molecule has 7 nitrogen and oxygen atoms in total. The lowest BCUT2D eigenvalue weighted by Crippen LogP contribution is -2.08. The largest absolute Gasteiger partial charge is 0.471 e. The lowest BCUT2D eigenvalue weighted by atomic mass is 10.2. The zero-order chi connectivity index (χ0) is 18.2. The number of aromatic nitrogens is 4. The Labute approximate surface area is 140 Å². The number of halogens is 3. The van der Waals surface area contributed by atoms with Crippen molar-refractivity contribution < 1.29 is 26.1 Å². The van der Waals surface area contributed by atoms with Crippen molar-refractivity contribution >= 4 is 15.5 Å². The van der Waals surface area contributed by atoms with Crippen LogP contribution in [0.25, 0.3) is 17.0 Å². The molecule has 0 aliphatic heterocycles. The predicted octanol–water partition coefficient (Wildman–Crippen LogP) is 2.73. The van der Waals surface area contributed by atoms with E-state index in [1.165, 1.54) is 18.3 Å². The predicted molar refractivity (Wildman–Crippen MR) is 81.3 cm³/mol. The molecule has 0 aliphatic rings. The van der Waals surface area contributed by atoms with Gasteiger partial charge in [0, 0.05) is 18.0 Å². The Morgan fingerprint density at radius 1 is 1.28 bits per heavy atom. The first-order valence-corrected chi connectivity index (χ1v) is 9.09. The van der Waals surface area contributed by atoms with Crippen molar-refractivity contribution in [1.82, 2.24) is 19.5 Å². The van der Waals surface area contributed by atoms with Crippen molar-refractivity contribution in [3.8, 4) is 11.4 Å². The van der Waals surface area contributed by atoms with Gasteiger partial charge in [0.05, 0.1) is 17.2 Å². The van der Waals surface area contributed by atoms with Crippen molar-refractivity contribution in [1.29, 1.82) is 0 Å². The van der Waals surface area contributed by atoms with Crippen molar-refractivity contribution in [3.05, 3.63) is 36.1 Å². The molecular weight excluding hydrogens is 361 g/mol. The second-order valence-corrected chi connectivity index (χ2v) is 7.61. The topological polar surface area (TPSA) is 90.4 Å². The van der Waals surface area contributed by atoms with E-state index in [1.807, 2.05) is 0 Å². The molecule has 3 heterocycles. The minimum absolute atomic E-state index is 0.0647. The quantitative estimate of drug-likeness (QED) is 0.682.